The SMILES string of the molecule is CC(O)CN(CC(C)O)c1nc(Cl)nc(Nc2ccc(S(=O)(=O)O)c(N=Nc3c(S(=O)(=O)O)cc4cc(S(C)(=O)=O)c(N=Nc5cc(Nc6nc(Cl)nc(N(CCO)CCO)n6)ccc5S(=O)(=O)O)c(N)c4c3O)c2)n1. The van der Waals surface area contributed by atoms with E-state index in [4.69, 9.17) is 28.9 Å². The number of nitrogens with two attached hydrogens (primary N) is 1. The van der Waals surface area contributed by atoms with Crippen molar-refractivity contribution in [2.24, 2.45) is 20.5 Å². The van der Waals surface area contributed by atoms with Gasteiger partial charge in [-0.15, -0.1) is 20.5 Å². The Labute approximate surface area is 441 Å². The number of aromatic hydroxyl groups is 1. The number of anilines is 7. The number of nitrogens with zero attached hydrogens (tertiary/aromatic N) is 12. The number of rotatable bonds is 22. The molecule has 0 spiro atoms. The molecule has 0 aliphatic carbocycles. The molecule has 4 aromatic carbocycles. The van der Waals surface area contributed by atoms with Crippen molar-refractivity contribution in [2.75, 3.05) is 71.8 Å². The average molecular weight is 1180 g/mol. The van der Waals surface area contributed by atoms with Gasteiger partial charge < -0.3 is 51.7 Å². The molecule has 2 heterocycles. The molecule has 37 heteroatoms. The molecule has 0 saturated heterocycles. The second kappa shape index (κ2) is 23.2. The van der Waals surface area contributed by atoms with Crippen molar-refractivity contribution in [3.63, 3.8) is 0 Å². The predicted molar refractivity (Wildman–Crippen MR) is 272 cm³/mol. The van der Waals surface area contributed by atoms with Gasteiger partial charge in [0.2, 0.25) is 34.4 Å². The third-order valence-corrected chi connectivity index (χ3v) is 14.1. The van der Waals surface area contributed by atoms with Gasteiger partial charge in [-0.2, -0.15) is 55.2 Å². The fourth-order valence-electron chi connectivity index (χ4n) is 6.94. The van der Waals surface area contributed by atoms with E-state index >= 15 is 0 Å². The van der Waals surface area contributed by atoms with Crippen molar-refractivity contribution in [2.45, 2.75) is 45.6 Å². The van der Waals surface area contributed by atoms with Crippen LogP contribution in [-0.2, 0) is 40.2 Å². The standard InChI is InChI=1S/C39H43Cl2N15O16S4/c1-18(59)16-56(17-19(2)60)39-48-35(41)46-37(50-39)44-22-5-7-26(75(67,68)69)24(15-22)52-54-32-28(76(70,71)72)13-20-12-27(73(3,62)63)31(30(42)29(20)33(32)61)53-51-23-14-21(4-6-25(23)74(64,65)66)43-36-45-34(40)47-38(49-36)55(8-10-57)9-11-58/h4-7,12-15,18-19,57-61H,8-11,16-17,42H2,1-3H3,(H,64,65,66)(H,67,68,69)(H,70,71,72)(H,43,45,47,49)(H,44,46,48,50). The molecule has 2 atom stereocenters. The van der Waals surface area contributed by atoms with Crippen LogP contribution in [0.15, 0.2) is 88.6 Å². The molecule has 76 heavy (non-hydrogen) atoms. The number of benzene rings is 4. The van der Waals surface area contributed by atoms with E-state index in [1.165, 1.54) is 23.6 Å². The number of sulfone groups is 1. The molecule has 0 saturated carbocycles. The number of nitrogens with one attached hydrogen (secondary N) is 2. The number of phenols is 1. The van der Waals surface area contributed by atoms with E-state index in [0.29, 0.717) is 12.3 Å². The maximum absolute atomic E-state index is 13.3. The Kier molecular flexibility index (Phi) is 17.9. The summed E-state index contributed by atoms with van der Waals surface area (Å²) in [7, 11) is -20.3. The number of aromatic nitrogens is 6. The maximum Gasteiger partial charge on any atom is 0.296 e. The van der Waals surface area contributed by atoms with Crippen LogP contribution in [0.2, 0.25) is 10.6 Å². The van der Waals surface area contributed by atoms with E-state index in [9.17, 15) is 72.9 Å². The lowest BCUT2D eigenvalue weighted by atomic mass is 10.1. The summed E-state index contributed by atoms with van der Waals surface area (Å²) in [5.74, 6) is -1.99. The summed E-state index contributed by atoms with van der Waals surface area (Å²) < 4.78 is 133. The Bertz CT molecular complexity index is 3740. The minimum atomic E-state index is -5.47. The number of fused-ring (bicyclic) bond motifs is 1. The molecule has 2 unspecified atom stereocenters. The summed E-state index contributed by atoms with van der Waals surface area (Å²) in [6, 6.07) is 7.16. The zero-order valence-corrected chi connectivity index (χ0v) is 44.0. The van der Waals surface area contributed by atoms with Crippen molar-refractivity contribution < 1.29 is 72.9 Å². The first-order valence-electron chi connectivity index (χ1n) is 21.2. The third kappa shape index (κ3) is 14.4. The Morgan fingerprint density at radius 3 is 1.43 bits per heavy atom. The summed E-state index contributed by atoms with van der Waals surface area (Å²) in [6.07, 6.45) is -1.18. The van der Waals surface area contributed by atoms with Crippen molar-refractivity contribution in [3.05, 3.63) is 59.1 Å². The van der Waals surface area contributed by atoms with Gasteiger partial charge in [0.15, 0.2) is 15.6 Å². The lowest BCUT2D eigenvalue weighted by molar-refractivity contribution is 0.177. The quantitative estimate of drug-likeness (QED) is 0.0263. The number of aliphatic hydroxyl groups excluding tert-OH is 4. The number of nitrogen functional groups attached to an aromatic ring is 1. The van der Waals surface area contributed by atoms with E-state index in [2.05, 4.69) is 61.0 Å². The Morgan fingerprint density at radius 2 is 1.03 bits per heavy atom. The highest BCUT2D eigenvalue weighted by Crippen LogP contribution is 2.49. The van der Waals surface area contributed by atoms with Crippen molar-refractivity contribution in [1.82, 2.24) is 29.9 Å². The molecule has 0 radical (unpaired) electrons. The molecule has 0 aliphatic heterocycles. The zero-order chi connectivity index (χ0) is 56.2. The van der Waals surface area contributed by atoms with Gasteiger partial charge in [0.25, 0.3) is 30.4 Å². The van der Waals surface area contributed by atoms with Crippen LogP contribution in [0.5, 0.6) is 5.75 Å². The first-order valence-corrected chi connectivity index (χ1v) is 28.2. The minimum Gasteiger partial charge on any atom is -0.505 e. The van der Waals surface area contributed by atoms with E-state index in [1.807, 2.05) is 0 Å². The second-order valence-electron chi connectivity index (χ2n) is 16.0. The molecular formula is C39H43Cl2N15O16S4. The van der Waals surface area contributed by atoms with Gasteiger partial charge in [-0.05, 0) is 91.0 Å². The van der Waals surface area contributed by atoms with Gasteiger partial charge >= 0.3 is 0 Å². The van der Waals surface area contributed by atoms with Gasteiger partial charge in [-0.25, -0.2) is 8.42 Å². The number of hydrogen-bond acceptors (Lipinski definition) is 28. The van der Waals surface area contributed by atoms with Gasteiger partial charge in [-0.3, -0.25) is 13.7 Å². The third-order valence-electron chi connectivity index (χ3n) is 9.96. The highest BCUT2D eigenvalue weighted by molar-refractivity contribution is 7.91. The Morgan fingerprint density at radius 1 is 0.605 bits per heavy atom. The number of halogens is 2. The minimum absolute atomic E-state index is 0.0279. The predicted octanol–water partition coefficient (Wildman–Crippen LogP) is 3.63. The van der Waals surface area contributed by atoms with Crippen molar-refractivity contribution >= 4 is 138 Å². The summed E-state index contributed by atoms with van der Waals surface area (Å²) in [6.45, 7) is 2.03. The molecular weight excluding hydrogens is 1130 g/mol. The zero-order valence-electron chi connectivity index (χ0n) is 39.2. The molecule has 0 amide bonds. The van der Waals surface area contributed by atoms with Crippen LogP contribution in [0.3, 0.4) is 0 Å². The summed E-state index contributed by atoms with van der Waals surface area (Å²) in [5, 5.41) is 69.5. The number of azo groups is 2. The first-order chi connectivity index (χ1) is 35.4. The largest absolute Gasteiger partial charge is 0.505 e. The lowest BCUT2D eigenvalue weighted by Crippen LogP contribution is -2.37. The van der Waals surface area contributed by atoms with Crippen LogP contribution in [0.25, 0.3) is 10.8 Å². The Balaban J connectivity index is 1.49. The van der Waals surface area contributed by atoms with E-state index < -0.39 is 117 Å². The van der Waals surface area contributed by atoms with Gasteiger partial charge in [0.05, 0.1) is 41.4 Å². The van der Waals surface area contributed by atoms with Crippen LogP contribution >= 0.6 is 23.2 Å². The van der Waals surface area contributed by atoms with Crippen LogP contribution in [0.4, 0.5) is 63.6 Å². The van der Waals surface area contributed by atoms with Crippen LogP contribution < -0.4 is 26.2 Å². The number of aliphatic hydroxyl groups is 4. The number of phenolic OH excluding ortho intramolecular Hbond substituents is 1. The average Bonchev–Trinajstić information content (AvgIpc) is 3.29. The van der Waals surface area contributed by atoms with Crippen molar-refractivity contribution in [1.29, 1.82) is 0 Å². The van der Waals surface area contributed by atoms with E-state index in [0.717, 1.165) is 42.5 Å². The van der Waals surface area contributed by atoms with Crippen molar-refractivity contribution in [3.8, 4) is 5.75 Å². The Hall–Kier alpha value is -6.74. The first kappa shape index (κ1) is 58.5. The van der Waals surface area contributed by atoms with Crippen LogP contribution in [-0.4, -0.2) is 161 Å². The monoisotopic (exact) mass is 1180 g/mol. The van der Waals surface area contributed by atoms with E-state index in [1.54, 1.807) is 0 Å². The molecule has 31 nitrogen and oxygen atoms in total. The number of hydrogen-bond donors (Lipinski definition) is 11. The highest BCUT2D eigenvalue weighted by atomic mass is 35.5. The van der Waals surface area contributed by atoms with Crippen LogP contribution in [0, 0.1) is 0 Å². The van der Waals surface area contributed by atoms with Gasteiger partial charge in [0.1, 0.15) is 37.4 Å². The normalized spacial score (nSPS) is 13.4. The molecule has 0 bridgehead atoms. The fourth-order valence-corrected chi connectivity index (χ4v) is 9.96. The maximum atomic E-state index is 13.3. The molecule has 6 rings (SSSR count). The highest BCUT2D eigenvalue weighted by Gasteiger charge is 2.29. The van der Waals surface area contributed by atoms with Crippen LogP contribution in [0.1, 0.15) is 13.8 Å². The summed E-state index contributed by atoms with van der Waals surface area (Å²) >= 11 is 12.3. The fraction of sp³-hybridized carbons (Fsp3) is 0.282. The van der Waals surface area contributed by atoms with Gasteiger partial charge in [0, 0.05) is 43.8 Å². The smallest absolute Gasteiger partial charge is 0.296 e. The van der Waals surface area contributed by atoms with E-state index in [-0.39, 0.29) is 85.1 Å². The summed E-state index contributed by atoms with van der Waals surface area (Å²) in [4.78, 5) is 23.2. The molecule has 0 fully saturated rings. The molecule has 12 N–H and O–H groups in total. The second-order valence-corrected chi connectivity index (χ2v) is 22.8. The van der Waals surface area contributed by atoms with Gasteiger partial charge in [-0.1, -0.05) is 0 Å². The molecule has 6 aromatic rings. The molecule has 408 valence electrons. The molecule has 0 aliphatic rings. The molecule has 2 aromatic heterocycles. The summed E-state index contributed by atoms with van der Waals surface area (Å²) in [5.41, 5.74) is 2.08. The topological polar surface area (TPSA) is 482 Å². The lowest BCUT2D eigenvalue weighted by Gasteiger charge is -2.25.